The number of nitrogens with one attached hydrogen (secondary N) is 2. The lowest BCUT2D eigenvalue weighted by molar-refractivity contribution is 1.15. The Balaban J connectivity index is 0.000000704. The normalized spacial score (nSPS) is 10.0. The summed E-state index contributed by atoms with van der Waals surface area (Å²) in [7, 11) is 1.93. The molecule has 0 saturated heterocycles. The number of hydrogen-bond donors (Lipinski definition) is 2. The molecule has 0 fully saturated rings. The molecule has 0 atom stereocenters. The Bertz CT molecular complexity index is 698. The maximum atomic E-state index is 4.23. The lowest BCUT2D eigenvalue weighted by Crippen LogP contribution is -1.87. The molecule has 0 aliphatic carbocycles. The van der Waals surface area contributed by atoms with Gasteiger partial charge in [0, 0.05) is 18.3 Å². The minimum absolute atomic E-state index is 0.940. The highest BCUT2D eigenvalue weighted by molar-refractivity contribution is 5.89. The van der Waals surface area contributed by atoms with E-state index in [2.05, 4.69) is 51.7 Å². The summed E-state index contributed by atoms with van der Waals surface area (Å²) in [6, 6.07) is 12.8. The fourth-order valence-corrected chi connectivity index (χ4v) is 2.14. The van der Waals surface area contributed by atoms with Crippen molar-refractivity contribution in [2.45, 2.75) is 20.8 Å². The van der Waals surface area contributed by atoms with Crippen LogP contribution in [-0.4, -0.2) is 17.0 Å². The molecule has 3 nitrogen and oxygen atoms in total. The van der Waals surface area contributed by atoms with Crippen LogP contribution in [0.25, 0.3) is 22.0 Å². The van der Waals surface area contributed by atoms with E-state index in [1.807, 2.05) is 34.0 Å². The molecular formula is C17H21N3. The van der Waals surface area contributed by atoms with Gasteiger partial charge in [0.15, 0.2) is 0 Å². The number of nitrogens with zero attached hydrogens (tertiary/aromatic N) is 1. The third-order valence-corrected chi connectivity index (χ3v) is 3.14. The van der Waals surface area contributed by atoms with Gasteiger partial charge < -0.3 is 10.3 Å². The van der Waals surface area contributed by atoms with Crippen molar-refractivity contribution >= 4 is 16.5 Å². The predicted molar refractivity (Wildman–Crippen MR) is 87.2 cm³/mol. The average Bonchev–Trinajstić information content (AvgIpc) is 2.95. The minimum Gasteiger partial charge on any atom is -0.388 e. The van der Waals surface area contributed by atoms with Gasteiger partial charge in [-0.2, -0.15) is 0 Å². The van der Waals surface area contributed by atoms with Crippen molar-refractivity contribution in [1.82, 2.24) is 9.97 Å². The second-order valence-electron chi connectivity index (χ2n) is 4.41. The van der Waals surface area contributed by atoms with Crippen LogP contribution in [0.1, 0.15) is 19.7 Å². The Hall–Kier alpha value is -2.29. The molecule has 3 aromatic rings. The van der Waals surface area contributed by atoms with E-state index in [0.717, 1.165) is 17.2 Å². The van der Waals surface area contributed by atoms with E-state index < -0.39 is 0 Å². The highest BCUT2D eigenvalue weighted by Gasteiger charge is 2.02. The second kappa shape index (κ2) is 6.24. The number of anilines is 1. The molecule has 3 heteroatoms. The number of benzene rings is 2. The fraction of sp³-hybridized carbons (Fsp3) is 0.235. The Labute approximate surface area is 120 Å². The Morgan fingerprint density at radius 3 is 2.35 bits per heavy atom. The maximum Gasteiger partial charge on any atom is 0.103 e. The van der Waals surface area contributed by atoms with Crippen molar-refractivity contribution in [3.8, 4) is 11.3 Å². The average molecular weight is 267 g/mol. The van der Waals surface area contributed by atoms with Gasteiger partial charge in [-0.1, -0.05) is 32.0 Å². The number of fused-ring (bicyclic) bond motifs is 1. The minimum atomic E-state index is 0.940. The van der Waals surface area contributed by atoms with E-state index in [-0.39, 0.29) is 0 Å². The van der Waals surface area contributed by atoms with Crippen molar-refractivity contribution in [2.75, 3.05) is 12.4 Å². The topological polar surface area (TPSA) is 40.7 Å². The van der Waals surface area contributed by atoms with Gasteiger partial charge >= 0.3 is 0 Å². The number of aromatic amines is 1. The smallest absolute Gasteiger partial charge is 0.103 e. The van der Waals surface area contributed by atoms with Crippen molar-refractivity contribution in [1.29, 1.82) is 0 Å². The van der Waals surface area contributed by atoms with Crippen LogP contribution in [0.15, 0.2) is 42.6 Å². The quantitative estimate of drug-likeness (QED) is 0.712. The highest BCUT2D eigenvalue weighted by atomic mass is 14.9. The fourth-order valence-electron chi connectivity index (χ4n) is 2.14. The summed E-state index contributed by atoms with van der Waals surface area (Å²) in [5.41, 5.74) is 3.36. The monoisotopic (exact) mass is 267 g/mol. The van der Waals surface area contributed by atoms with Crippen molar-refractivity contribution in [3.05, 3.63) is 48.4 Å². The summed E-state index contributed by atoms with van der Waals surface area (Å²) in [5.74, 6) is 0.940. The zero-order valence-corrected chi connectivity index (χ0v) is 12.5. The lowest BCUT2D eigenvalue weighted by Gasteiger charge is -2.05. The van der Waals surface area contributed by atoms with E-state index >= 15 is 0 Å². The van der Waals surface area contributed by atoms with Crippen LogP contribution < -0.4 is 5.32 Å². The predicted octanol–water partition coefficient (Wildman–Crippen LogP) is 4.61. The SMILES string of the molecule is CC.CNc1ccc2cc(-c3cnc(C)[nH]3)ccc2c1. The Kier molecular flexibility index (Phi) is 4.41. The van der Waals surface area contributed by atoms with Crippen LogP contribution in [0.2, 0.25) is 0 Å². The Morgan fingerprint density at radius 1 is 1.00 bits per heavy atom. The number of hydrogen-bond acceptors (Lipinski definition) is 2. The first kappa shape index (κ1) is 14.1. The molecule has 0 aliphatic rings. The molecule has 0 spiro atoms. The first-order chi connectivity index (χ1) is 9.76. The van der Waals surface area contributed by atoms with E-state index in [4.69, 9.17) is 0 Å². The summed E-state index contributed by atoms with van der Waals surface area (Å²) >= 11 is 0. The molecule has 3 rings (SSSR count). The number of aromatic nitrogens is 2. The van der Waals surface area contributed by atoms with Crippen LogP contribution in [0, 0.1) is 6.92 Å². The van der Waals surface area contributed by atoms with Crippen molar-refractivity contribution in [3.63, 3.8) is 0 Å². The van der Waals surface area contributed by atoms with Gasteiger partial charge in [-0.05, 0) is 35.9 Å². The van der Waals surface area contributed by atoms with Crippen LogP contribution in [0.5, 0.6) is 0 Å². The first-order valence-corrected chi connectivity index (χ1v) is 7.00. The van der Waals surface area contributed by atoms with Gasteiger partial charge in [0.1, 0.15) is 5.82 Å². The van der Waals surface area contributed by atoms with Crippen LogP contribution in [-0.2, 0) is 0 Å². The second-order valence-corrected chi connectivity index (χ2v) is 4.41. The molecule has 0 aliphatic heterocycles. The summed E-state index contributed by atoms with van der Waals surface area (Å²) in [4.78, 5) is 7.49. The molecule has 0 amide bonds. The summed E-state index contributed by atoms with van der Waals surface area (Å²) in [5, 5.41) is 5.63. The van der Waals surface area contributed by atoms with E-state index in [0.29, 0.717) is 0 Å². The molecule has 1 heterocycles. The van der Waals surface area contributed by atoms with E-state index in [1.54, 1.807) is 0 Å². The zero-order valence-electron chi connectivity index (χ0n) is 12.5. The van der Waals surface area contributed by atoms with Gasteiger partial charge in [0.2, 0.25) is 0 Å². The molecule has 0 saturated carbocycles. The van der Waals surface area contributed by atoms with Crippen molar-refractivity contribution in [2.24, 2.45) is 0 Å². The van der Waals surface area contributed by atoms with Gasteiger partial charge in [-0.3, -0.25) is 0 Å². The van der Waals surface area contributed by atoms with Crippen LogP contribution in [0.4, 0.5) is 5.69 Å². The van der Waals surface area contributed by atoms with E-state index in [1.165, 1.54) is 16.3 Å². The molecule has 104 valence electrons. The van der Waals surface area contributed by atoms with Gasteiger partial charge in [-0.25, -0.2) is 4.98 Å². The highest BCUT2D eigenvalue weighted by Crippen LogP contribution is 2.25. The molecule has 0 bridgehead atoms. The molecule has 1 aromatic heterocycles. The standard InChI is InChI=1S/C15H15N3.C2H6/c1-10-17-9-15(18-10)13-4-3-12-8-14(16-2)6-5-11(12)7-13;1-2/h3-9,16H,1-2H3,(H,17,18);1-2H3. The third kappa shape index (κ3) is 2.82. The molecule has 0 radical (unpaired) electrons. The van der Waals surface area contributed by atoms with E-state index in [9.17, 15) is 0 Å². The van der Waals surface area contributed by atoms with Gasteiger partial charge in [0.05, 0.1) is 11.9 Å². The molecular weight excluding hydrogens is 246 g/mol. The summed E-state index contributed by atoms with van der Waals surface area (Å²) in [6.07, 6.45) is 1.87. The summed E-state index contributed by atoms with van der Waals surface area (Å²) in [6.45, 7) is 5.96. The van der Waals surface area contributed by atoms with Gasteiger partial charge in [-0.15, -0.1) is 0 Å². The largest absolute Gasteiger partial charge is 0.388 e. The van der Waals surface area contributed by atoms with Gasteiger partial charge in [0.25, 0.3) is 0 Å². The van der Waals surface area contributed by atoms with Crippen molar-refractivity contribution < 1.29 is 0 Å². The van der Waals surface area contributed by atoms with Crippen LogP contribution >= 0.6 is 0 Å². The number of H-pyrrole nitrogens is 1. The number of rotatable bonds is 2. The molecule has 2 aromatic carbocycles. The molecule has 20 heavy (non-hydrogen) atoms. The molecule has 0 unspecified atom stereocenters. The molecule has 2 N–H and O–H groups in total. The number of imidazole rings is 1. The maximum absolute atomic E-state index is 4.23. The number of aryl methyl sites for hydroxylation is 1. The third-order valence-electron chi connectivity index (χ3n) is 3.14. The summed E-state index contributed by atoms with van der Waals surface area (Å²) < 4.78 is 0. The zero-order chi connectivity index (χ0) is 14.5. The van der Waals surface area contributed by atoms with Crippen LogP contribution in [0.3, 0.4) is 0 Å². The lowest BCUT2D eigenvalue weighted by atomic mass is 10.0. The first-order valence-electron chi connectivity index (χ1n) is 7.00. The Morgan fingerprint density at radius 2 is 1.70 bits per heavy atom.